The Balaban J connectivity index is 1.81. The van der Waals surface area contributed by atoms with E-state index in [4.69, 9.17) is 9.73 Å². The maximum atomic E-state index is 5.27. The standard InChI is InChI=1S/C18H32N4OS/c1-4-15-13-21-16(24-15)7-11-20-17(19-5-2)22-14-18(8-6-9-18)10-12-23-3/h13H,4-12,14H2,1-3H3,(H2,19,20,22). The lowest BCUT2D eigenvalue weighted by molar-refractivity contribution is 0.0778. The number of aryl methyl sites for hydroxylation is 1. The highest BCUT2D eigenvalue weighted by molar-refractivity contribution is 7.11. The van der Waals surface area contributed by atoms with E-state index in [0.29, 0.717) is 5.41 Å². The third-order valence-corrected chi connectivity index (χ3v) is 5.95. The van der Waals surface area contributed by atoms with E-state index in [1.54, 1.807) is 7.11 Å². The Labute approximate surface area is 150 Å². The lowest BCUT2D eigenvalue weighted by atomic mass is 9.67. The highest BCUT2D eigenvalue weighted by Crippen LogP contribution is 2.44. The van der Waals surface area contributed by atoms with Crippen LogP contribution in [-0.2, 0) is 17.6 Å². The average molecular weight is 353 g/mol. The Morgan fingerprint density at radius 3 is 2.79 bits per heavy atom. The summed E-state index contributed by atoms with van der Waals surface area (Å²) < 4.78 is 5.27. The van der Waals surface area contributed by atoms with E-state index in [1.807, 2.05) is 17.5 Å². The molecule has 1 aromatic rings. The van der Waals surface area contributed by atoms with Crippen molar-refractivity contribution in [1.82, 2.24) is 15.6 Å². The molecule has 2 rings (SSSR count). The van der Waals surface area contributed by atoms with Crippen molar-refractivity contribution in [3.05, 3.63) is 16.1 Å². The van der Waals surface area contributed by atoms with Crippen LogP contribution >= 0.6 is 11.3 Å². The van der Waals surface area contributed by atoms with Gasteiger partial charge in [-0.15, -0.1) is 11.3 Å². The molecule has 0 unspecified atom stereocenters. The summed E-state index contributed by atoms with van der Waals surface area (Å²) in [5.41, 5.74) is 0.365. The van der Waals surface area contributed by atoms with Gasteiger partial charge in [-0.3, -0.25) is 4.99 Å². The van der Waals surface area contributed by atoms with E-state index in [-0.39, 0.29) is 0 Å². The first kappa shape index (κ1) is 19.2. The summed E-state index contributed by atoms with van der Waals surface area (Å²) in [6, 6.07) is 0. The molecule has 1 fully saturated rings. The van der Waals surface area contributed by atoms with Gasteiger partial charge < -0.3 is 15.4 Å². The first-order valence-corrected chi connectivity index (χ1v) is 9.97. The lowest BCUT2D eigenvalue weighted by Crippen LogP contribution is -2.41. The number of rotatable bonds is 10. The number of nitrogens with zero attached hydrogens (tertiary/aromatic N) is 2. The van der Waals surface area contributed by atoms with Gasteiger partial charge in [-0.25, -0.2) is 4.98 Å². The van der Waals surface area contributed by atoms with Gasteiger partial charge in [0.2, 0.25) is 0 Å². The SMILES string of the molecule is CCNC(=NCC1(CCOC)CCC1)NCCc1ncc(CC)s1. The van der Waals surface area contributed by atoms with Gasteiger partial charge in [0.15, 0.2) is 5.96 Å². The summed E-state index contributed by atoms with van der Waals surface area (Å²) in [7, 11) is 1.78. The van der Waals surface area contributed by atoms with Crippen LogP contribution in [0, 0.1) is 5.41 Å². The van der Waals surface area contributed by atoms with Gasteiger partial charge in [-0.1, -0.05) is 13.3 Å². The van der Waals surface area contributed by atoms with Gasteiger partial charge in [0.1, 0.15) is 0 Å². The van der Waals surface area contributed by atoms with Crippen molar-refractivity contribution in [3.63, 3.8) is 0 Å². The minimum absolute atomic E-state index is 0.365. The molecule has 1 saturated carbocycles. The van der Waals surface area contributed by atoms with Crippen molar-refractivity contribution >= 4 is 17.3 Å². The second-order valence-corrected chi connectivity index (χ2v) is 7.74. The van der Waals surface area contributed by atoms with E-state index in [0.717, 1.165) is 51.5 Å². The molecule has 1 aliphatic carbocycles. The van der Waals surface area contributed by atoms with Gasteiger partial charge >= 0.3 is 0 Å². The second-order valence-electron chi connectivity index (χ2n) is 6.54. The third kappa shape index (κ3) is 5.74. The molecule has 0 aliphatic heterocycles. The topological polar surface area (TPSA) is 58.5 Å². The molecule has 0 bridgehead atoms. The largest absolute Gasteiger partial charge is 0.385 e. The van der Waals surface area contributed by atoms with Gasteiger partial charge in [-0.05, 0) is 38.0 Å². The van der Waals surface area contributed by atoms with E-state index >= 15 is 0 Å². The number of aliphatic imine (C=N–C) groups is 1. The molecule has 0 spiro atoms. The Kier molecular flexibility index (Phi) is 7.99. The van der Waals surface area contributed by atoms with E-state index in [2.05, 4.69) is 29.5 Å². The van der Waals surface area contributed by atoms with Crippen LogP contribution in [0.3, 0.4) is 0 Å². The summed E-state index contributed by atoms with van der Waals surface area (Å²) in [6.45, 7) is 7.76. The van der Waals surface area contributed by atoms with Crippen molar-refractivity contribution in [2.45, 2.75) is 52.4 Å². The fraction of sp³-hybridized carbons (Fsp3) is 0.778. The van der Waals surface area contributed by atoms with Gasteiger partial charge in [0.25, 0.3) is 0 Å². The fourth-order valence-electron chi connectivity index (χ4n) is 2.99. The third-order valence-electron chi connectivity index (χ3n) is 4.75. The van der Waals surface area contributed by atoms with Gasteiger partial charge in [0.05, 0.1) is 5.01 Å². The highest BCUT2D eigenvalue weighted by atomic mass is 32.1. The number of hydrogen-bond acceptors (Lipinski definition) is 4. The van der Waals surface area contributed by atoms with Crippen molar-refractivity contribution < 1.29 is 4.74 Å². The molecule has 0 aromatic carbocycles. The molecule has 6 heteroatoms. The smallest absolute Gasteiger partial charge is 0.191 e. The number of ether oxygens (including phenoxy) is 1. The van der Waals surface area contributed by atoms with Crippen molar-refractivity contribution in [1.29, 1.82) is 0 Å². The molecule has 136 valence electrons. The number of hydrogen-bond donors (Lipinski definition) is 2. The zero-order chi connectivity index (χ0) is 17.3. The Hall–Kier alpha value is -1.14. The molecule has 24 heavy (non-hydrogen) atoms. The van der Waals surface area contributed by atoms with Crippen LogP contribution in [0.1, 0.15) is 49.4 Å². The number of methoxy groups -OCH3 is 1. The molecule has 1 heterocycles. The second kappa shape index (κ2) is 9.99. The Morgan fingerprint density at radius 1 is 1.38 bits per heavy atom. The maximum absolute atomic E-state index is 5.27. The lowest BCUT2D eigenvalue weighted by Gasteiger charge is -2.40. The summed E-state index contributed by atoms with van der Waals surface area (Å²) in [4.78, 5) is 10.7. The predicted octanol–water partition coefficient (Wildman–Crippen LogP) is 3.01. The number of aromatic nitrogens is 1. The van der Waals surface area contributed by atoms with Crippen LogP contribution in [0.15, 0.2) is 11.2 Å². The van der Waals surface area contributed by atoms with Crippen LogP contribution in [-0.4, -0.2) is 44.3 Å². The first-order valence-electron chi connectivity index (χ1n) is 9.16. The molecular formula is C18H32N4OS. The van der Waals surface area contributed by atoms with E-state index in [9.17, 15) is 0 Å². The molecular weight excluding hydrogens is 320 g/mol. The normalized spacial score (nSPS) is 16.7. The minimum atomic E-state index is 0.365. The average Bonchev–Trinajstić information content (AvgIpc) is 3.01. The van der Waals surface area contributed by atoms with Crippen LogP contribution in [0.5, 0.6) is 0 Å². The van der Waals surface area contributed by atoms with E-state index in [1.165, 1.54) is 29.1 Å². The molecule has 0 amide bonds. The Bertz CT molecular complexity index is 511. The molecule has 0 atom stereocenters. The Morgan fingerprint density at radius 2 is 2.21 bits per heavy atom. The van der Waals surface area contributed by atoms with Crippen molar-refractivity contribution in [2.75, 3.05) is 33.4 Å². The predicted molar refractivity (Wildman–Crippen MR) is 102 cm³/mol. The van der Waals surface area contributed by atoms with Gasteiger partial charge in [0, 0.05) is 50.8 Å². The summed E-state index contributed by atoms with van der Waals surface area (Å²) in [6.07, 6.45) is 9.01. The summed E-state index contributed by atoms with van der Waals surface area (Å²) in [5.74, 6) is 0.925. The van der Waals surface area contributed by atoms with Gasteiger partial charge in [-0.2, -0.15) is 0 Å². The summed E-state index contributed by atoms with van der Waals surface area (Å²) >= 11 is 1.81. The fourth-order valence-corrected chi connectivity index (χ4v) is 3.85. The zero-order valence-corrected chi connectivity index (χ0v) is 16.2. The van der Waals surface area contributed by atoms with Crippen LogP contribution in [0.4, 0.5) is 0 Å². The molecule has 0 radical (unpaired) electrons. The first-order chi connectivity index (χ1) is 11.7. The molecule has 1 aromatic heterocycles. The van der Waals surface area contributed by atoms with Crippen molar-refractivity contribution in [3.8, 4) is 0 Å². The quantitative estimate of drug-likeness (QED) is 0.502. The van der Waals surface area contributed by atoms with Crippen LogP contribution in [0.25, 0.3) is 0 Å². The van der Waals surface area contributed by atoms with E-state index < -0.39 is 0 Å². The van der Waals surface area contributed by atoms with Crippen LogP contribution in [0.2, 0.25) is 0 Å². The summed E-state index contributed by atoms with van der Waals surface area (Å²) in [5, 5.41) is 8.00. The number of nitrogens with one attached hydrogen (secondary N) is 2. The zero-order valence-electron chi connectivity index (χ0n) is 15.4. The minimum Gasteiger partial charge on any atom is -0.385 e. The molecule has 1 aliphatic rings. The molecule has 0 saturated heterocycles. The van der Waals surface area contributed by atoms with Crippen LogP contribution < -0.4 is 10.6 Å². The molecule has 2 N–H and O–H groups in total. The van der Waals surface area contributed by atoms with Crippen molar-refractivity contribution in [2.24, 2.45) is 10.4 Å². The monoisotopic (exact) mass is 352 g/mol. The molecule has 5 nitrogen and oxygen atoms in total. The highest BCUT2D eigenvalue weighted by Gasteiger charge is 2.36. The maximum Gasteiger partial charge on any atom is 0.191 e. The number of thiazole rings is 1. The number of guanidine groups is 1.